The van der Waals surface area contributed by atoms with Crippen LogP contribution in [0.25, 0.3) is 0 Å². The van der Waals surface area contributed by atoms with Crippen molar-refractivity contribution in [3.05, 3.63) is 23.8 Å². The predicted molar refractivity (Wildman–Crippen MR) is 80.9 cm³/mol. The zero-order valence-corrected chi connectivity index (χ0v) is 12.1. The molecule has 0 aliphatic heterocycles. The number of carbonyl (C=O) groups is 1. The van der Waals surface area contributed by atoms with Crippen LogP contribution in [0.15, 0.2) is 18.2 Å². The molecule has 0 heterocycles. The van der Waals surface area contributed by atoms with Crippen LogP contribution in [0.5, 0.6) is 0 Å². The second kappa shape index (κ2) is 6.61. The molecule has 0 bridgehead atoms. The standard InChI is InChI=1S/C15H23N3O2/c1-3-17-15(19)10-7-8-12(11(16)9-10)18-13-5-4-6-14(13)20-2/h7-9,13-14,18H,3-6,16H2,1-2H3,(H,17,19). The number of anilines is 2. The number of methoxy groups -OCH3 is 1. The number of carbonyl (C=O) groups excluding carboxylic acids is 1. The van der Waals surface area contributed by atoms with E-state index in [1.807, 2.05) is 13.0 Å². The van der Waals surface area contributed by atoms with Gasteiger partial charge in [-0.25, -0.2) is 0 Å². The van der Waals surface area contributed by atoms with Crippen molar-refractivity contribution in [1.29, 1.82) is 0 Å². The van der Waals surface area contributed by atoms with Gasteiger partial charge >= 0.3 is 0 Å². The van der Waals surface area contributed by atoms with Gasteiger partial charge < -0.3 is 21.1 Å². The number of amides is 1. The summed E-state index contributed by atoms with van der Waals surface area (Å²) in [6.07, 6.45) is 3.55. The lowest BCUT2D eigenvalue weighted by atomic mass is 10.1. The molecule has 2 atom stereocenters. The van der Waals surface area contributed by atoms with Gasteiger partial charge in [-0.05, 0) is 44.4 Å². The fourth-order valence-corrected chi connectivity index (χ4v) is 2.67. The number of nitrogen functional groups attached to an aromatic ring is 1. The number of nitrogens with two attached hydrogens (primary N) is 1. The summed E-state index contributed by atoms with van der Waals surface area (Å²) in [6, 6.07) is 5.66. The number of nitrogens with one attached hydrogen (secondary N) is 2. The Labute approximate surface area is 119 Å². The Bertz CT molecular complexity index is 476. The van der Waals surface area contributed by atoms with Gasteiger partial charge in [0.15, 0.2) is 0 Å². The molecule has 0 spiro atoms. The SMILES string of the molecule is CCNC(=O)c1ccc(NC2CCCC2OC)c(N)c1. The van der Waals surface area contributed by atoms with E-state index in [1.165, 1.54) is 0 Å². The monoisotopic (exact) mass is 277 g/mol. The maximum Gasteiger partial charge on any atom is 0.251 e. The van der Waals surface area contributed by atoms with Crippen molar-refractivity contribution in [3.8, 4) is 0 Å². The highest BCUT2D eigenvalue weighted by Gasteiger charge is 2.27. The number of ether oxygens (including phenoxy) is 1. The number of rotatable bonds is 5. The summed E-state index contributed by atoms with van der Waals surface area (Å²) >= 11 is 0. The molecule has 110 valence electrons. The lowest BCUT2D eigenvalue weighted by molar-refractivity contribution is 0.0955. The molecule has 0 radical (unpaired) electrons. The summed E-state index contributed by atoms with van der Waals surface area (Å²) in [5.74, 6) is -0.0959. The van der Waals surface area contributed by atoms with Crippen LogP contribution in [0.1, 0.15) is 36.5 Å². The largest absolute Gasteiger partial charge is 0.397 e. The fraction of sp³-hybridized carbons (Fsp3) is 0.533. The molecule has 1 saturated carbocycles. The van der Waals surface area contributed by atoms with Crippen LogP contribution >= 0.6 is 0 Å². The predicted octanol–water partition coefficient (Wildman–Crippen LogP) is 2.00. The van der Waals surface area contributed by atoms with Gasteiger partial charge in [0.1, 0.15) is 0 Å². The summed E-state index contributed by atoms with van der Waals surface area (Å²) in [4.78, 5) is 11.7. The third-order valence-electron chi connectivity index (χ3n) is 3.75. The van der Waals surface area contributed by atoms with Gasteiger partial charge in [0.2, 0.25) is 0 Å². The van der Waals surface area contributed by atoms with E-state index in [0.717, 1.165) is 24.9 Å². The maximum absolute atomic E-state index is 11.7. The van der Waals surface area contributed by atoms with Gasteiger partial charge in [-0.1, -0.05) is 0 Å². The molecule has 1 amide bonds. The Morgan fingerprint density at radius 1 is 1.45 bits per heavy atom. The number of hydrogen-bond donors (Lipinski definition) is 3. The van der Waals surface area contributed by atoms with E-state index in [9.17, 15) is 4.79 Å². The fourth-order valence-electron chi connectivity index (χ4n) is 2.67. The summed E-state index contributed by atoms with van der Waals surface area (Å²) in [5.41, 5.74) is 8.09. The van der Waals surface area contributed by atoms with Crippen LogP contribution in [0.4, 0.5) is 11.4 Å². The molecule has 1 aliphatic rings. The summed E-state index contributed by atoms with van der Waals surface area (Å²) in [7, 11) is 1.74. The molecule has 1 fully saturated rings. The average molecular weight is 277 g/mol. The summed E-state index contributed by atoms with van der Waals surface area (Å²) < 4.78 is 5.46. The summed E-state index contributed by atoms with van der Waals surface area (Å²) in [6.45, 7) is 2.50. The Balaban J connectivity index is 2.08. The molecule has 2 unspecified atom stereocenters. The topological polar surface area (TPSA) is 76.4 Å². The Morgan fingerprint density at radius 2 is 2.25 bits per heavy atom. The lowest BCUT2D eigenvalue weighted by Gasteiger charge is -2.22. The second-order valence-electron chi connectivity index (χ2n) is 5.12. The van der Waals surface area contributed by atoms with Crippen molar-refractivity contribution < 1.29 is 9.53 Å². The third-order valence-corrected chi connectivity index (χ3v) is 3.75. The van der Waals surface area contributed by atoms with Crippen molar-refractivity contribution >= 4 is 17.3 Å². The van der Waals surface area contributed by atoms with Crippen molar-refractivity contribution in [2.75, 3.05) is 24.7 Å². The van der Waals surface area contributed by atoms with Crippen LogP contribution in [0, 0.1) is 0 Å². The van der Waals surface area contributed by atoms with E-state index in [-0.39, 0.29) is 18.1 Å². The van der Waals surface area contributed by atoms with Crippen LogP contribution in [-0.4, -0.2) is 31.7 Å². The van der Waals surface area contributed by atoms with Crippen LogP contribution in [0.2, 0.25) is 0 Å². The first-order valence-corrected chi connectivity index (χ1v) is 7.12. The molecule has 20 heavy (non-hydrogen) atoms. The van der Waals surface area contributed by atoms with E-state index in [1.54, 1.807) is 19.2 Å². The first-order chi connectivity index (χ1) is 9.65. The first-order valence-electron chi connectivity index (χ1n) is 7.12. The van der Waals surface area contributed by atoms with Crippen LogP contribution in [-0.2, 0) is 4.74 Å². The molecule has 1 aromatic rings. The highest BCUT2D eigenvalue weighted by Crippen LogP contribution is 2.28. The molecule has 1 aliphatic carbocycles. The number of benzene rings is 1. The third kappa shape index (κ3) is 3.22. The van der Waals surface area contributed by atoms with E-state index >= 15 is 0 Å². The van der Waals surface area contributed by atoms with Crippen molar-refractivity contribution in [2.24, 2.45) is 0 Å². The van der Waals surface area contributed by atoms with Gasteiger partial charge in [0, 0.05) is 19.2 Å². The molecular formula is C15H23N3O2. The normalized spacial score (nSPS) is 21.7. The van der Waals surface area contributed by atoms with Gasteiger partial charge in [-0.2, -0.15) is 0 Å². The lowest BCUT2D eigenvalue weighted by Crippen LogP contribution is -2.30. The molecule has 0 saturated heterocycles. The van der Waals surface area contributed by atoms with E-state index in [4.69, 9.17) is 10.5 Å². The van der Waals surface area contributed by atoms with Crippen molar-refractivity contribution in [1.82, 2.24) is 5.32 Å². The smallest absolute Gasteiger partial charge is 0.251 e. The molecule has 2 rings (SSSR count). The highest BCUT2D eigenvalue weighted by atomic mass is 16.5. The molecule has 1 aromatic carbocycles. The summed E-state index contributed by atoms with van der Waals surface area (Å²) in [5, 5.41) is 6.19. The maximum atomic E-state index is 11.7. The van der Waals surface area contributed by atoms with E-state index in [0.29, 0.717) is 17.8 Å². The molecule has 5 nitrogen and oxygen atoms in total. The average Bonchev–Trinajstić information content (AvgIpc) is 2.88. The molecular weight excluding hydrogens is 254 g/mol. The van der Waals surface area contributed by atoms with Crippen LogP contribution in [0.3, 0.4) is 0 Å². The van der Waals surface area contributed by atoms with Gasteiger partial charge in [-0.3, -0.25) is 4.79 Å². The van der Waals surface area contributed by atoms with Crippen LogP contribution < -0.4 is 16.4 Å². The minimum atomic E-state index is -0.0959. The minimum Gasteiger partial charge on any atom is -0.397 e. The van der Waals surface area contributed by atoms with Gasteiger partial charge in [0.25, 0.3) is 5.91 Å². The first kappa shape index (κ1) is 14.7. The minimum absolute atomic E-state index is 0.0959. The highest BCUT2D eigenvalue weighted by molar-refractivity contribution is 5.96. The van der Waals surface area contributed by atoms with Gasteiger partial charge in [-0.15, -0.1) is 0 Å². The van der Waals surface area contributed by atoms with Crippen molar-refractivity contribution in [3.63, 3.8) is 0 Å². The molecule has 5 heteroatoms. The Kier molecular flexibility index (Phi) is 4.84. The Morgan fingerprint density at radius 3 is 2.90 bits per heavy atom. The zero-order chi connectivity index (χ0) is 14.5. The zero-order valence-electron chi connectivity index (χ0n) is 12.1. The van der Waals surface area contributed by atoms with Crippen molar-refractivity contribution in [2.45, 2.75) is 38.3 Å². The quantitative estimate of drug-likeness (QED) is 0.719. The molecule has 4 N–H and O–H groups in total. The van der Waals surface area contributed by atoms with E-state index < -0.39 is 0 Å². The molecule has 0 aromatic heterocycles. The van der Waals surface area contributed by atoms with E-state index in [2.05, 4.69) is 10.6 Å². The van der Waals surface area contributed by atoms with Gasteiger partial charge in [0.05, 0.1) is 23.5 Å². The Hall–Kier alpha value is -1.75. The number of hydrogen-bond acceptors (Lipinski definition) is 4. The second-order valence-corrected chi connectivity index (χ2v) is 5.12.